The second-order valence-corrected chi connectivity index (χ2v) is 7.70. The topological polar surface area (TPSA) is 72.5 Å². The summed E-state index contributed by atoms with van der Waals surface area (Å²) in [5.74, 6) is -0.247. The van der Waals surface area contributed by atoms with Crippen LogP contribution in [0.1, 0.15) is 24.5 Å². The van der Waals surface area contributed by atoms with E-state index in [0.29, 0.717) is 29.7 Å². The van der Waals surface area contributed by atoms with Crippen LogP contribution >= 0.6 is 11.6 Å². The fraction of sp³-hybridized carbons (Fsp3) is 0.333. The standard InChI is InChI=1S/C21H23ClN4O2/c1-25(18-6-7-19-15(12-18)13-23-24-19)17-8-10-26(11-9-17)21(28)20(27)14-2-4-16(22)5-3-14/h2-7,12-13,17,20,27H,8-11H2,1H3,(H,23,24). The Balaban J connectivity index is 1.38. The summed E-state index contributed by atoms with van der Waals surface area (Å²) in [5, 5.41) is 19.1. The predicted molar refractivity (Wildman–Crippen MR) is 111 cm³/mol. The molecule has 146 valence electrons. The minimum atomic E-state index is -1.14. The first-order chi connectivity index (χ1) is 13.5. The maximum Gasteiger partial charge on any atom is 0.256 e. The highest BCUT2D eigenvalue weighted by Crippen LogP contribution is 2.26. The van der Waals surface area contributed by atoms with Gasteiger partial charge in [-0.2, -0.15) is 5.10 Å². The van der Waals surface area contributed by atoms with Gasteiger partial charge in [0.25, 0.3) is 5.91 Å². The van der Waals surface area contributed by atoms with Crippen LogP contribution < -0.4 is 4.90 Å². The molecule has 1 aromatic heterocycles. The molecule has 4 rings (SSSR count). The Morgan fingerprint density at radius 1 is 1.25 bits per heavy atom. The molecular weight excluding hydrogens is 376 g/mol. The van der Waals surface area contributed by atoms with Crippen LogP contribution in [0.5, 0.6) is 0 Å². The summed E-state index contributed by atoms with van der Waals surface area (Å²) in [6.45, 7) is 1.26. The molecule has 1 aliphatic heterocycles. The first-order valence-electron chi connectivity index (χ1n) is 9.41. The summed E-state index contributed by atoms with van der Waals surface area (Å²) < 4.78 is 0. The summed E-state index contributed by atoms with van der Waals surface area (Å²) in [6, 6.07) is 13.4. The van der Waals surface area contributed by atoms with Crippen molar-refractivity contribution in [3.63, 3.8) is 0 Å². The van der Waals surface area contributed by atoms with Crippen LogP contribution in [-0.2, 0) is 4.79 Å². The van der Waals surface area contributed by atoms with Gasteiger partial charge in [-0.25, -0.2) is 0 Å². The molecule has 7 heteroatoms. The molecule has 1 unspecified atom stereocenters. The number of hydrogen-bond acceptors (Lipinski definition) is 4. The Morgan fingerprint density at radius 2 is 1.96 bits per heavy atom. The number of fused-ring (bicyclic) bond motifs is 1. The number of amides is 1. The summed E-state index contributed by atoms with van der Waals surface area (Å²) >= 11 is 5.88. The molecule has 1 atom stereocenters. The molecule has 1 amide bonds. The number of hydrogen-bond donors (Lipinski definition) is 2. The molecule has 0 saturated carbocycles. The monoisotopic (exact) mass is 398 g/mol. The van der Waals surface area contributed by atoms with Gasteiger partial charge in [0.1, 0.15) is 0 Å². The van der Waals surface area contributed by atoms with Crippen LogP contribution in [0.3, 0.4) is 0 Å². The number of anilines is 1. The van der Waals surface area contributed by atoms with Crippen LogP contribution in [0.4, 0.5) is 5.69 Å². The van der Waals surface area contributed by atoms with Gasteiger partial charge in [0.15, 0.2) is 6.10 Å². The van der Waals surface area contributed by atoms with Crippen molar-refractivity contribution in [3.8, 4) is 0 Å². The number of rotatable bonds is 4. The molecule has 2 heterocycles. The van der Waals surface area contributed by atoms with Crippen molar-refractivity contribution >= 4 is 34.1 Å². The minimum Gasteiger partial charge on any atom is -0.378 e. The lowest BCUT2D eigenvalue weighted by atomic mass is 10.0. The van der Waals surface area contributed by atoms with E-state index in [-0.39, 0.29) is 5.91 Å². The molecule has 2 N–H and O–H groups in total. The number of aromatic nitrogens is 2. The van der Waals surface area contributed by atoms with E-state index >= 15 is 0 Å². The zero-order chi connectivity index (χ0) is 19.7. The fourth-order valence-electron chi connectivity index (χ4n) is 3.79. The van der Waals surface area contributed by atoms with E-state index in [1.165, 1.54) is 0 Å². The Hall–Kier alpha value is -2.57. The highest BCUT2D eigenvalue weighted by Gasteiger charge is 2.29. The van der Waals surface area contributed by atoms with E-state index in [0.717, 1.165) is 29.4 Å². The van der Waals surface area contributed by atoms with Crippen molar-refractivity contribution in [3.05, 3.63) is 59.2 Å². The first-order valence-corrected chi connectivity index (χ1v) is 9.79. The largest absolute Gasteiger partial charge is 0.378 e. The van der Waals surface area contributed by atoms with Crippen LogP contribution in [0, 0.1) is 0 Å². The smallest absolute Gasteiger partial charge is 0.256 e. The first kappa shape index (κ1) is 18.8. The number of halogens is 1. The van der Waals surface area contributed by atoms with E-state index in [2.05, 4.69) is 34.3 Å². The van der Waals surface area contributed by atoms with Gasteiger partial charge >= 0.3 is 0 Å². The van der Waals surface area contributed by atoms with Gasteiger partial charge in [0.05, 0.1) is 11.7 Å². The number of H-pyrrole nitrogens is 1. The SMILES string of the molecule is CN(c1ccc2[nH]ncc2c1)C1CCN(C(=O)C(O)c2ccc(Cl)cc2)CC1. The minimum absolute atomic E-state index is 0.247. The van der Waals surface area contributed by atoms with E-state index < -0.39 is 6.10 Å². The van der Waals surface area contributed by atoms with Gasteiger partial charge < -0.3 is 14.9 Å². The molecule has 0 spiro atoms. The average molecular weight is 399 g/mol. The molecule has 1 aliphatic rings. The average Bonchev–Trinajstić information content (AvgIpc) is 3.21. The summed E-state index contributed by atoms with van der Waals surface area (Å²) in [7, 11) is 2.09. The molecule has 6 nitrogen and oxygen atoms in total. The molecule has 2 aromatic carbocycles. The zero-order valence-corrected chi connectivity index (χ0v) is 16.4. The highest BCUT2D eigenvalue weighted by atomic mass is 35.5. The van der Waals surface area contributed by atoms with Crippen LogP contribution in [0.15, 0.2) is 48.7 Å². The molecule has 3 aromatic rings. The van der Waals surface area contributed by atoms with Gasteiger partial charge in [0, 0.05) is 42.3 Å². The third-order valence-corrected chi connectivity index (χ3v) is 5.83. The number of carbonyl (C=O) groups excluding carboxylic acids is 1. The van der Waals surface area contributed by atoms with Gasteiger partial charge in [0.2, 0.25) is 0 Å². The quantitative estimate of drug-likeness (QED) is 0.706. The third kappa shape index (κ3) is 3.70. The molecule has 0 radical (unpaired) electrons. The lowest BCUT2D eigenvalue weighted by molar-refractivity contribution is -0.141. The number of piperidine rings is 1. The molecular formula is C21H23ClN4O2. The van der Waals surface area contributed by atoms with Gasteiger partial charge in [-0.15, -0.1) is 0 Å². The van der Waals surface area contributed by atoms with Gasteiger partial charge in [-0.05, 0) is 48.7 Å². The molecule has 1 saturated heterocycles. The van der Waals surface area contributed by atoms with Crippen molar-refractivity contribution in [1.82, 2.24) is 15.1 Å². The Kier molecular flexibility index (Phi) is 5.24. The van der Waals surface area contributed by atoms with E-state index in [4.69, 9.17) is 11.6 Å². The number of aliphatic hydroxyl groups is 1. The molecule has 1 fully saturated rings. The number of aromatic amines is 1. The van der Waals surface area contributed by atoms with E-state index in [1.54, 1.807) is 29.2 Å². The van der Waals surface area contributed by atoms with Crippen LogP contribution in [0.2, 0.25) is 5.02 Å². The maximum atomic E-state index is 12.7. The van der Waals surface area contributed by atoms with Gasteiger partial charge in [-0.3, -0.25) is 9.89 Å². The highest BCUT2D eigenvalue weighted by molar-refractivity contribution is 6.30. The van der Waals surface area contributed by atoms with Gasteiger partial charge in [-0.1, -0.05) is 23.7 Å². The van der Waals surface area contributed by atoms with Crippen molar-refractivity contribution in [2.75, 3.05) is 25.0 Å². The van der Waals surface area contributed by atoms with Crippen molar-refractivity contribution in [1.29, 1.82) is 0 Å². The number of benzene rings is 2. The number of nitrogens with one attached hydrogen (secondary N) is 1. The summed E-state index contributed by atoms with van der Waals surface area (Å²) in [5.41, 5.74) is 2.73. The number of carbonyl (C=O) groups is 1. The molecule has 28 heavy (non-hydrogen) atoms. The zero-order valence-electron chi connectivity index (χ0n) is 15.7. The summed E-state index contributed by atoms with van der Waals surface area (Å²) in [6.07, 6.45) is 2.40. The predicted octanol–water partition coefficient (Wildman–Crippen LogP) is 3.38. The Labute approximate surface area is 168 Å². The van der Waals surface area contributed by atoms with Crippen molar-refractivity contribution in [2.24, 2.45) is 0 Å². The van der Waals surface area contributed by atoms with E-state index in [9.17, 15) is 9.90 Å². The second-order valence-electron chi connectivity index (χ2n) is 7.26. The third-order valence-electron chi connectivity index (χ3n) is 5.57. The molecule has 0 bridgehead atoms. The van der Waals surface area contributed by atoms with Crippen LogP contribution in [-0.4, -0.2) is 52.3 Å². The Morgan fingerprint density at radius 3 is 2.68 bits per heavy atom. The number of aliphatic hydroxyl groups excluding tert-OH is 1. The van der Waals surface area contributed by atoms with Crippen LogP contribution in [0.25, 0.3) is 10.9 Å². The van der Waals surface area contributed by atoms with Crippen molar-refractivity contribution < 1.29 is 9.90 Å². The normalized spacial score (nSPS) is 16.3. The number of likely N-dealkylation sites (tertiary alicyclic amines) is 1. The maximum absolute atomic E-state index is 12.7. The Bertz CT molecular complexity index is 964. The number of nitrogens with zero attached hydrogens (tertiary/aromatic N) is 3. The lowest BCUT2D eigenvalue weighted by Crippen LogP contribution is -2.47. The lowest BCUT2D eigenvalue weighted by Gasteiger charge is -2.38. The van der Waals surface area contributed by atoms with Crippen molar-refractivity contribution in [2.45, 2.75) is 25.0 Å². The summed E-state index contributed by atoms with van der Waals surface area (Å²) in [4.78, 5) is 16.7. The van der Waals surface area contributed by atoms with E-state index in [1.807, 2.05) is 12.3 Å². The fourth-order valence-corrected chi connectivity index (χ4v) is 3.92. The molecule has 0 aliphatic carbocycles. The second kappa shape index (κ2) is 7.81.